The number of hydrogen-bond acceptors (Lipinski definition) is 8. The van der Waals surface area contributed by atoms with Gasteiger partial charge in [0.15, 0.2) is 0 Å². The molecule has 0 aliphatic heterocycles. The number of aromatic carboxylic acids is 1. The molecule has 124 valence electrons. The molecule has 0 radical (unpaired) electrons. The van der Waals surface area contributed by atoms with Crippen molar-refractivity contribution in [1.82, 2.24) is 0 Å². The summed E-state index contributed by atoms with van der Waals surface area (Å²) in [4.78, 5) is 20.8. The minimum absolute atomic E-state index is 0.0248. The maximum atomic E-state index is 11.7. The van der Waals surface area contributed by atoms with Crippen LogP contribution >= 0.6 is 0 Å². The minimum Gasteiger partial charge on any atom is -0.865 e. The number of nitrogens with zero attached hydrogens (tertiary/aromatic N) is 2. The lowest BCUT2D eigenvalue weighted by Gasteiger charge is -2.13. The molecule has 0 fully saturated rings. The number of hydrogen-bond donors (Lipinski definition) is 1. The van der Waals surface area contributed by atoms with Crippen molar-refractivity contribution in [3.8, 4) is 11.5 Å². The molecule has 0 heterocycles. The first-order valence-electron chi connectivity index (χ1n) is 6.56. The molecule has 9 nitrogen and oxygen atoms in total. The molecule has 24 heavy (non-hydrogen) atoms. The third-order valence-electron chi connectivity index (χ3n) is 2.98. The van der Waals surface area contributed by atoms with E-state index >= 15 is 0 Å². The van der Waals surface area contributed by atoms with E-state index in [0.717, 1.165) is 6.07 Å². The van der Waals surface area contributed by atoms with Gasteiger partial charge in [0.25, 0.3) is 5.69 Å². The summed E-state index contributed by atoms with van der Waals surface area (Å²) in [5.74, 6) is -2.33. The zero-order valence-electron chi connectivity index (χ0n) is 12.4. The Labute approximate surface area is 136 Å². The summed E-state index contributed by atoms with van der Waals surface area (Å²) in [5.41, 5.74) is 2.57. The van der Waals surface area contributed by atoms with Crippen LogP contribution in [0.25, 0.3) is 0 Å². The number of carboxylic acids is 1. The van der Waals surface area contributed by atoms with Crippen LogP contribution in [0.5, 0.6) is 11.5 Å². The molecule has 0 aliphatic rings. The Morgan fingerprint density at radius 1 is 1.33 bits per heavy atom. The number of benzene rings is 2. The van der Waals surface area contributed by atoms with Gasteiger partial charge < -0.3 is 19.7 Å². The molecule has 2 aromatic rings. The lowest BCUT2D eigenvalue weighted by molar-refractivity contribution is -0.398. The van der Waals surface area contributed by atoms with E-state index in [1.807, 2.05) is 0 Å². The van der Waals surface area contributed by atoms with Crippen molar-refractivity contribution >= 4 is 23.6 Å². The van der Waals surface area contributed by atoms with Gasteiger partial charge in [0.2, 0.25) is 0 Å². The molecule has 1 N–H and O–H groups in total. The number of carbonyl (C=O) groups excluding carboxylic acids is 1. The van der Waals surface area contributed by atoms with Crippen molar-refractivity contribution in [3.05, 3.63) is 57.6 Å². The molecule has 0 atom stereocenters. The Kier molecular flexibility index (Phi) is 4.95. The van der Waals surface area contributed by atoms with E-state index < -0.39 is 22.3 Å². The predicted molar refractivity (Wildman–Crippen MR) is 81.1 cm³/mol. The van der Waals surface area contributed by atoms with E-state index in [1.165, 1.54) is 37.6 Å². The quantitative estimate of drug-likeness (QED) is 0.462. The number of carbonyl (C=O) groups is 1. The molecule has 0 unspecified atom stereocenters. The summed E-state index contributed by atoms with van der Waals surface area (Å²) in [6.07, 6.45) is 1.24. The van der Waals surface area contributed by atoms with Crippen molar-refractivity contribution in [3.63, 3.8) is 0 Å². The van der Waals surface area contributed by atoms with Crippen LogP contribution in [0, 0.1) is 10.1 Å². The average Bonchev–Trinajstić information content (AvgIpc) is 2.56. The van der Waals surface area contributed by atoms with Crippen LogP contribution in [0.1, 0.15) is 15.9 Å². The fourth-order valence-corrected chi connectivity index (χ4v) is 1.87. The van der Waals surface area contributed by atoms with Crippen molar-refractivity contribution in [2.75, 3.05) is 12.5 Å². The van der Waals surface area contributed by atoms with Crippen LogP contribution in [0.4, 0.5) is 11.4 Å². The number of anilines is 1. The smallest absolute Gasteiger partial charge is 0.266 e. The van der Waals surface area contributed by atoms with E-state index in [0.29, 0.717) is 5.69 Å². The Morgan fingerprint density at radius 3 is 2.71 bits per heavy atom. The number of nitro benzene ring substituents is 1. The maximum Gasteiger partial charge on any atom is 0.266 e. The molecule has 0 spiro atoms. The summed E-state index contributed by atoms with van der Waals surface area (Å²) in [7, 11) is 1.23. The molecule has 0 aliphatic carbocycles. The normalized spacial score (nSPS) is 10.5. The van der Waals surface area contributed by atoms with Crippen molar-refractivity contribution in [1.29, 1.82) is 0 Å². The van der Waals surface area contributed by atoms with E-state index in [9.17, 15) is 25.1 Å². The summed E-state index contributed by atoms with van der Waals surface area (Å²) < 4.78 is 4.81. The number of nitrogens with one attached hydrogen (secondary N) is 1. The second-order valence-electron chi connectivity index (χ2n) is 4.57. The van der Waals surface area contributed by atoms with Crippen LogP contribution < -0.4 is 20.4 Å². The Balaban J connectivity index is 2.23. The lowest BCUT2D eigenvalue weighted by Crippen LogP contribution is -2.22. The highest BCUT2D eigenvalue weighted by Crippen LogP contribution is 2.33. The summed E-state index contributed by atoms with van der Waals surface area (Å²) >= 11 is 0. The number of nitro groups is 1. The molecule has 2 rings (SSSR count). The molecular formula is C15H11N3O6-2. The van der Waals surface area contributed by atoms with E-state index in [2.05, 4.69) is 10.5 Å². The molecule has 9 heteroatoms. The van der Waals surface area contributed by atoms with Gasteiger partial charge in [-0.3, -0.25) is 15.5 Å². The van der Waals surface area contributed by atoms with Crippen LogP contribution in [0.2, 0.25) is 0 Å². The molecule has 0 aromatic heterocycles. The second kappa shape index (κ2) is 7.09. The van der Waals surface area contributed by atoms with Crippen molar-refractivity contribution < 1.29 is 24.7 Å². The highest BCUT2D eigenvalue weighted by molar-refractivity contribution is 5.87. The van der Waals surface area contributed by atoms with Gasteiger partial charge in [-0.15, -0.1) is 0 Å². The van der Waals surface area contributed by atoms with Gasteiger partial charge in [-0.25, -0.2) is 0 Å². The number of ether oxygens (including phenoxy) is 1. The van der Waals surface area contributed by atoms with Crippen LogP contribution in [-0.2, 0) is 0 Å². The van der Waals surface area contributed by atoms with Gasteiger partial charge in [0.05, 0.1) is 29.9 Å². The summed E-state index contributed by atoms with van der Waals surface area (Å²) in [6.45, 7) is 0. The van der Waals surface area contributed by atoms with Gasteiger partial charge in [-0.1, -0.05) is 12.1 Å². The largest absolute Gasteiger partial charge is 0.865 e. The zero-order valence-corrected chi connectivity index (χ0v) is 12.4. The Morgan fingerprint density at radius 2 is 2.08 bits per heavy atom. The van der Waals surface area contributed by atoms with Gasteiger partial charge in [-0.05, 0) is 23.8 Å². The third kappa shape index (κ3) is 3.77. The van der Waals surface area contributed by atoms with Crippen molar-refractivity contribution in [2.45, 2.75) is 0 Å². The first-order valence-corrected chi connectivity index (χ1v) is 6.56. The number of rotatable bonds is 6. The second-order valence-corrected chi connectivity index (χ2v) is 4.57. The van der Waals surface area contributed by atoms with E-state index in [4.69, 9.17) is 4.74 Å². The fraction of sp³-hybridized carbons (Fsp3) is 0.0667. The maximum absolute atomic E-state index is 11.7. The number of methoxy groups -OCH3 is 1. The summed E-state index contributed by atoms with van der Waals surface area (Å²) in [5, 5.41) is 37.2. The SMILES string of the molecule is COc1cc(/C=N\Nc2cccc(C(=O)[O-])c2)cc([N+](=O)[O-])c1[O-]. The van der Waals surface area contributed by atoms with Gasteiger partial charge in [-0.2, -0.15) is 5.10 Å². The highest BCUT2D eigenvalue weighted by atomic mass is 16.6. The standard InChI is InChI=1S/C15H13N3O6/c1-24-13-6-9(5-12(14(13)19)18(22)23)8-16-17-11-4-2-3-10(7-11)15(20)21/h2-8,17,19H,1H3,(H,20,21)/p-2/b16-8-. The van der Waals surface area contributed by atoms with E-state index in [-0.39, 0.29) is 16.9 Å². The highest BCUT2D eigenvalue weighted by Gasteiger charge is 2.12. The van der Waals surface area contributed by atoms with Crippen LogP contribution in [-0.4, -0.2) is 24.2 Å². The lowest BCUT2D eigenvalue weighted by atomic mass is 10.2. The molecule has 0 bridgehead atoms. The van der Waals surface area contributed by atoms with Gasteiger partial charge in [0, 0.05) is 17.4 Å². The monoisotopic (exact) mass is 329 g/mol. The topological polar surface area (TPSA) is 140 Å². The van der Waals surface area contributed by atoms with E-state index in [1.54, 1.807) is 6.07 Å². The van der Waals surface area contributed by atoms with Gasteiger partial charge in [0.1, 0.15) is 5.75 Å². The zero-order chi connectivity index (χ0) is 17.7. The first kappa shape index (κ1) is 16.7. The van der Waals surface area contributed by atoms with Gasteiger partial charge >= 0.3 is 0 Å². The molecular weight excluding hydrogens is 318 g/mol. The Bertz CT molecular complexity index is 819. The minimum atomic E-state index is -1.32. The first-order chi connectivity index (χ1) is 11.4. The fourth-order valence-electron chi connectivity index (χ4n) is 1.87. The summed E-state index contributed by atoms with van der Waals surface area (Å²) in [6, 6.07) is 8.13. The predicted octanol–water partition coefficient (Wildman–Crippen LogP) is 0.486. The number of hydrazone groups is 1. The third-order valence-corrected chi connectivity index (χ3v) is 2.98. The molecule has 0 saturated carbocycles. The van der Waals surface area contributed by atoms with Crippen LogP contribution in [0.3, 0.4) is 0 Å². The number of carboxylic acid groups (broad SMARTS) is 1. The van der Waals surface area contributed by atoms with Crippen LogP contribution in [0.15, 0.2) is 41.5 Å². The average molecular weight is 329 g/mol. The molecule has 0 amide bonds. The molecule has 0 saturated heterocycles. The Hall–Kier alpha value is -3.62. The van der Waals surface area contributed by atoms with Crippen molar-refractivity contribution in [2.24, 2.45) is 5.10 Å². The molecule has 2 aromatic carbocycles.